The van der Waals surface area contributed by atoms with Crippen molar-refractivity contribution in [2.75, 3.05) is 0 Å². The molecule has 2 aromatic rings. The first kappa shape index (κ1) is 17.1. The second kappa shape index (κ2) is 7.30. The van der Waals surface area contributed by atoms with Crippen LogP contribution >= 0.6 is 0 Å². The van der Waals surface area contributed by atoms with Crippen LogP contribution in [-0.4, -0.2) is 36.4 Å². The average Bonchev–Trinajstić information content (AvgIpc) is 2.50. The Hall–Kier alpha value is -1.31. The molecule has 0 bridgehead atoms. The van der Waals surface area contributed by atoms with Crippen LogP contribution in [0.1, 0.15) is 44.7 Å². The van der Waals surface area contributed by atoms with Crippen LogP contribution in [-0.2, 0) is 6.42 Å². The third-order valence-electron chi connectivity index (χ3n) is 4.05. The molecule has 1 aromatic heterocycles. The van der Waals surface area contributed by atoms with Gasteiger partial charge in [0, 0.05) is 22.7 Å². The van der Waals surface area contributed by atoms with E-state index in [1.165, 1.54) is 19.3 Å². The highest BCUT2D eigenvalue weighted by molar-refractivity contribution is 6.66. The summed E-state index contributed by atoms with van der Waals surface area (Å²) in [6, 6.07) is 1.58. The molecule has 0 aliphatic rings. The van der Waals surface area contributed by atoms with Crippen molar-refractivity contribution in [1.82, 2.24) is 4.98 Å². The molecule has 0 unspecified atom stereocenters. The first-order valence-electron chi connectivity index (χ1n) is 7.75. The molecule has 2 rings (SSSR count). The smallest absolute Gasteiger partial charge is 0.189 e. The Morgan fingerprint density at radius 1 is 0.909 bits per heavy atom. The molecule has 104 valence electrons. The van der Waals surface area contributed by atoms with Gasteiger partial charge in [-0.15, -0.1) is 10.9 Å². The molecule has 1 N–H and O–H groups in total. The van der Waals surface area contributed by atoms with Crippen LogP contribution in [0.4, 0.5) is 0 Å². The van der Waals surface area contributed by atoms with Gasteiger partial charge in [-0.3, -0.25) is 4.79 Å². The fourth-order valence-corrected chi connectivity index (χ4v) is 2.70. The zero-order valence-electron chi connectivity index (χ0n) is 13.0. The van der Waals surface area contributed by atoms with Crippen molar-refractivity contribution in [3.8, 4) is 0 Å². The van der Waals surface area contributed by atoms with Gasteiger partial charge in [-0.05, 0) is 12.8 Å². The van der Waals surface area contributed by atoms with Gasteiger partial charge >= 0.3 is 0 Å². The number of hydrogen-bond acceptors (Lipinski definition) is 1. The van der Waals surface area contributed by atoms with Crippen LogP contribution in [0, 0.1) is 0 Å². The summed E-state index contributed by atoms with van der Waals surface area (Å²) in [6.45, 7) is 2.18. The van der Waals surface area contributed by atoms with E-state index in [9.17, 15) is 4.79 Å². The summed E-state index contributed by atoms with van der Waals surface area (Å²) >= 11 is 0. The monoisotopic (exact) mass is 283 g/mol. The third kappa shape index (κ3) is 3.37. The van der Waals surface area contributed by atoms with Gasteiger partial charge < -0.3 is 4.98 Å². The Bertz CT molecular complexity index is 739. The van der Waals surface area contributed by atoms with E-state index in [1.54, 1.807) is 6.07 Å². The number of rotatable bonds is 6. The molecule has 6 heteroatoms. The van der Waals surface area contributed by atoms with Crippen molar-refractivity contribution in [2.45, 2.75) is 45.4 Å². The summed E-state index contributed by atoms with van der Waals surface area (Å²) in [5.41, 5.74) is 2.03. The predicted molar refractivity (Wildman–Crippen MR) is 98.6 cm³/mol. The van der Waals surface area contributed by atoms with Crippen LogP contribution < -0.4 is 27.3 Å². The van der Waals surface area contributed by atoms with Gasteiger partial charge in [0.25, 0.3) is 0 Å². The number of pyridine rings is 1. The highest BCUT2D eigenvalue weighted by Crippen LogP contribution is 2.08. The molecule has 0 spiro atoms. The number of aromatic amines is 1. The quantitative estimate of drug-likeness (QED) is 0.547. The Balaban J connectivity index is 2.35. The lowest BCUT2D eigenvalue weighted by Crippen LogP contribution is -2.49. The molecule has 0 saturated carbocycles. The minimum Gasteiger partial charge on any atom is -0.359 e. The van der Waals surface area contributed by atoms with E-state index in [4.69, 9.17) is 31.4 Å². The molecule has 0 saturated heterocycles. The molecule has 0 aliphatic carbocycles. The summed E-state index contributed by atoms with van der Waals surface area (Å²) in [5, 5.41) is 0.318. The van der Waals surface area contributed by atoms with Crippen LogP contribution in [0.15, 0.2) is 10.9 Å². The highest BCUT2D eigenvalue weighted by atomic mass is 16.1. The summed E-state index contributed by atoms with van der Waals surface area (Å²) in [6.07, 6.45) is 6.65. The van der Waals surface area contributed by atoms with E-state index in [2.05, 4.69) is 11.9 Å². The number of aryl methyl sites for hydroxylation is 1. The Morgan fingerprint density at radius 3 is 2.23 bits per heavy atom. The topological polar surface area (TPSA) is 32.9 Å². The molecule has 22 heavy (non-hydrogen) atoms. The fraction of sp³-hybridized carbons (Fsp3) is 0.438. The van der Waals surface area contributed by atoms with E-state index in [0.29, 0.717) is 10.9 Å². The minimum absolute atomic E-state index is 0.169. The molecule has 8 radical (unpaired) electrons. The van der Waals surface area contributed by atoms with Crippen molar-refractivity contribution >= 4 is 64.1 Å². The number of nitrogens with one attached hydrogen (secondary N) is 1. The molecule has 1 aromatic carbocycles. The Morgan fingerprint density at radius 2 is 1.55 bits per heavy atom. The lowest BCUT2D eigenvalue weighted by atomic mass is 9.65. The zero-order chi connectivity index (χ0) is 16.3. The lowest BCUT2D eigenvalue weighted by molar-refractivity contribution is 0.628. The standard InChI is InChI=1S/C16H17B4NO/c1-2-3-4-5-6-7-9-8-10(22)11-12(17)13(18)14(19)15(20)16(11)21-9/h8H,2-7H2,1H3,(H,21,22). The van der Waals surface area contributed by atoms with Crippen LogP contribution in [0.25, 0.3) is 10.9 Å². The Kier molecular flexibility index (Phi) is 5.66. The van der Waals surface area contributed by atoms with Gasteiger partial charge in [-0.25, -0.2) is 0 Å². The molecule has 0 amide bonds. The maximum atomic E-state index is 12.3. The summed E-state index contributed by atoms with van der Waals surface area (Å²) in [7, 11) is 23.6. The van der Waals surface area contributed by atoms with Crippen molar-refractivity contribution in [1.29, 1.82) is 0 Å². The fourth-order valence-electron chi connectivity index (χ4n) is 2.70. The van der Waals surface area contributed by atoms with Crippen molar-refractivity contribution in [3.63, 3.8) is 0 Å². The predicted octanol–water partition coefficient (Wildman–Crippen LogP) is -0.784. The second-order valence-electron chi connectivity index (χ2n) is 5.73. The maximum Gasteiger partial charge on any atom is 0.189 e. The molecule has 0 aliphatic heterocycles. The maximum absolute atomic E-state index is 12.3. The number of fused-ring (bicyclic) bond motifs is 1. The van der Waals surface area contributed by atoms with E-state index in [-0.39, 0.29) is 27.3 Å². The number of benzene rings is 1. The normalized spacial score (nSPS) is 11.1. The minimum atomic E-state index is -0.173. The van der Waals surface area contributed by atoms with Gasteiger partial charge in [0.1, 0.15) is 31.4 Å². The SMILES string of the molecule is [B]c1c([B])c([B])c2c(=O)cc(CCCCCCC)[nH]c2c1[B]. The van der Waals surface area contributed by atoms with Gasteiger partial charge in [0.2, 0.25) is 0 Å². The number of hydrogen-bond donors (Lipinski definition) is 1. The summed E-state index contributed by atoms with van der Waals surface area (Å²) < 4.78 is 0. The Labute approximate surface area is 137 Å². The van der Waals surface area contributed by atoms with Gasteiger partial charge in [-0.2, -0.15) is 0 Å². The van der Waals surface area contributed by atoms with Crippen LogP contribution in [0.5, 0.6) is 0 Å². The van der Waals surface area contributed by atoms with E-state index < -0.39 is 0 Å². The largest absolute Gasteiger partial charge is 0.359 e. The molecule has 0 atom stereocenters. The number of unbranched alkanes of at least 4 members (excludes halogenated alkanes) is 4. The van der Waals surface area contributed by atoms with Crippen LogP contribution in [0.2, 0.25) is 0 Å². The van der Waals surface area contributed by atoms with E-state index in [0.717, 1.165) is 25.0 Å². The number of aromatic nitrogens is 1. The van der Waals surface area contributed by atoms with Crippen LogP contribution in [0.3, 0.4) is 0 Å². The molecule has 1 heterocycles. The summed E-state index contributed by atoms with van der Waals surface area (Å²) in [4.78, 5) is 15.5. The second-order valence-corrected chi connectivity index (χ2v) is 5.73. The average molecular weight is 283 g/mol. The molecular formula is C16H17B4NO. The van der Waals surface area contributed by atoms with Gasteiger partial charge in [-0.1, -0.05) is 43.5 Å². The lowest BCUT2D eigenvalue weighted by Gasteiger charge is -2.16. The third-order valence-corrected chi connectivity index (χ3v) is 4.05. The zero-order valence-corrected chi connectivity index (χ0v) is 13.0. The van der Waals surface area contributed by atoms with E-state index >= 15 is 0 Å². The van der Waals surface area contributed by atoms with Gasteiger partial charge in [0.15, 0.2) is 5.43 Å². The van der Waals surface area contributed by atoms with Crippen molar-refractivity contribution in [2.24, 2.45) is 0 Å². The van der Waals surface area contributed by atoms with Gasteiger partial charge in [0.05, 0.1) is 0 Å². The highest BCUT2D eigenvalue weighted by Gasteiger charge is 2.11. The number of H-pyrrole nitrogens is 1. The molecule has 2 nitrogen and oxygen atoms in total. The molecular weight excluding hydrogens is 265 g/mol. The van der Waals surface area contributed by atoms with Crippen molar-refractivity contribution < 1.29 is 0 Å². The summed E-state index contributed by atoms with van der Waals surface area (Å²) in [5.74, 6) is 0. The first-order valence-corrected chi connectivity index (χ1v) is 7.75. The molecule has 0 fully saturated rings. The van der Waals surface area contributed by atoms with Crippen molar-refractivity contribution in [3.05, 3.63) is 22.0 Å². The van der Waals surface area contributed by atoms with E-state index in [1.807, 2.05) is 0 Å². The first-order chi connectivity index (χ1) is 10.5.